The second-order valence-electron chi connectivity index (χ2n) is 4.39. The number of carbonyl (C=O) groups is 2. The van der Waals surface area contributed by atoms with Crippen molar-refractivity contribution in [3.63, 3.8) is 0 Å². The highest BCUT2D eigenvalue weighted by Gasteiger charge is 2.12. The molecule has 104 valence electrons. The zero-order valence-corrected chi connectivity index (χ0v) is 11.5. The lowest BCUT2D eigenvalue weighted by atomic mass is 10.1. The van der Waals surface area contributed by atoms with E-state index in [1.165, 1.54) is 0 Å². The van der Waals surface area contributed by atoms with E-state index in [2.05, 4.69) is 10.6 Å². The third kappa shape index (κ3) is 4.62. The molecule has 5 heteroatoms. The molecule has 1 aromatic rings. The van der Waals surface area contributed by atoms with Crippen LogP contribution in [0.3, 0.4) is 0 Å². The highest BCUT2D eigenvalue weighted by atomic mass is 16.2. The van der Waals surface area contributed by atoms with Gasteiger partial charge in [-0.2, -0.15) is 0 Å². The minimum absolute atomic E-state index is 0.0556. The summed E-state index contributed by atoms with van der Waals surface area (Å²) in [5.41, 5.74) is 7.54. The van der Waals surface area contributed by atoms with Crippen LogP contribution in [0.25, 0.3) is 0 Å². The van der Waals surface area contributed by atoms with Crippen molar-refractivity contribution < 1.29 is 9.59 Å². The number of aryl methyl sites for hydroxylation is 1. The van der Waals surface area contributed by atoms with Crippen LogP contribution in [0.15, 0.2) is 18.2 Å². The van der Waals surface area contributed by atoms with Gasteiger partial charge in [0.15, 0.2) is 0 Å². The molecule has 0 heterocycles. The van der Waals surface area contributed by atoms with Gasteiger partial charge in [-0.05, 0) is 25.0 Å². The number of carbonyl (C=O) groups excluding carboxylic acids is 2. The Kier molecular flexibility index (Phi) is 5.85. The number of nitrogens with one attached hydrogen (secondary N) is 2. The van der Waals surface area contributed by atoms with E-state index in [-0.39, 0.29) is 18.2 Å². The lowest BCUT2D eigenvalue weighted by Gasteiger charge is -2.10. The maximum Gasteiger partial charge on any atom is 0.253 e. The van der Waals surface area contributed by atoms with Crippen molar-refractivity contribution in [2.75, 3.05) is 18.8 Å². The van der Waals surface area contributed by atoms with E-state index < -0.39 is 0 Å². The van der Waals surface area contributed by atoms with Gasteiger partial charge in [0.2, 0.25) is 5.91 Å². The molecule has 0 atom stereocenters. The van der Waals surface area contributed by atoms with Gasteiger partial charge >= 0.3 is 0 Å². The van der Waals surface area contributed by atoms with Crippen LogP contribution < -0.4 is 16.4 Å². The number of hydrogen-bond donors (Lipinski definition) is 3. The van der Waals surface area contributed by atoms with Gasteiger partial charge in [0, 0.05) is 25.2 Å². The normalized spacial score (nSPS) is 10.0. The first-order valence-corrected chi connectivity index (χ1v) is 6.46. The molecule has 19 heavy (non-hydrogen) atoms. The largest absolute Gasteiger partial charge is 0.398 e. The Morgan fingerprint density at radius 1 is 1.21 bits per heavy atom. The maximum absolute atomic E-state index is 12.0. The molecule has 4 N–H and O–H groups in total. The summed E-state index contributed by atoms with van der Waals surface area (Å²) in [4.78, 5) is 23.3. The molecule has 0 unspecified atom stereocenters. The summed E-state index contributed by atoms with van der Waals surface area (Å²) in [6, 6.07) is 5.33. The van der Waals surface area contributed by atoms with Crippen molar-refractivity contribution in [1.29, 1.82) is 0 Å². The lowest BCUT2D eigenvalue weighted by Crippen LogP contribution is -2.31. The van der Waals surface area contributed by atoms with E-state index in [0.29, 0.717) is 24.3 Å². The molecule has 0 aliphatic rings. The average molecular weight is 263 g/mol. The fourth-order valence-electron chi connectivity index (χ4n) is 1.73. The number of amides is 2. The second kappa shape index (κ2) is 7.41. The van der Waals surface area contributed by atoms with Crippen molar-refractivity contribution >= 4 is 17.5 Å². The number of nitrogens with two attached hydrogens (primary N) is 1. The molecule has 0 saturated carbocycles. The Hall–Kier alpha value is -2.04. The molecule has 0 aliphatic carbocycles. The Bertz CT molecular complexity index is 438. The summed E-state index contributed by atoms with van der Waals surface area (Å²) in [6.45, 7) is 4.79. The van der Waals surface area contributed by atoms with Crippen LogP contribution in [0, 0.1) is 6.92 Å². The molecular formula is C14H21N3O2. The Labute approximate surface area is 113 Å². The van der Waals surface area contributed by atoms with Gasteiger partial charge in [0.1, 0.15) is 0 Å². The van der Waals surface area contributed by atoms with Crippen LogP contribution in [0.2, 0.25) is 0 Å². The quantitative estimate of drug-likeness (QED) is 0.675. The zero-order chi connectivity index (χ0) is 14.3. The molecule has 1 rings (SSSR count). The molecule has 0 bridgehead atoms. The molecule has 5 nitrogen and oxygen atoms in total. The van der Waals surface area contributed by atoms with Crippen LogP contribution in [-0.2, 0) is 4.79 Å². The van der Waals surface area contributed by atoms with E-state index in [9.17, 15) is 9.59 Å². The molecule has 2 amide bonds. The number of rotatable bonds is 6. The predicted octanol–water partition coefficient (Wildman–Crippen LogP) is 1.22. The van der Waals surface area contributed by atoms with Gasteiger partial charge < -0.3 is 16.4 Å². The van der Waals surface area contributed by atoms with Crippen molar-refractivity contribution in [3.05, 3.63) is 29.3 Å². The van der Waals surface area contributed by atoms with Crippen LogP contribution in [0.5, 0.6) is 0 Å². The number of benzene rings is 1. The summed E-state index contributed by atoms with van der Waals surface area (Å²) in [6.07, 6.45) is 1.18. The topological polar surface area (TPSA) is 84.2 Å². The van der Waals surface area contributed by atoms with Crippen molar-refractivity contribution in [3.8, 4) is 0 Å². The molecule has 0 spiro atoms. The molecule has 0 aliphatic heterocycles. The summed E-state index contributed by atoms with van der Waals surface area (Å²) in [7, 11) is 0. The fraction of sp³-hybridized carbons (Fsp3) is 0.429. The van der Waals surface area contributed by atoms with Gasteiger partial charge in [-0.3, -0.25) is 9.59 Å². The first-order chi connectivity index (χ1) is 9.06. The highest BCUT2D eigenvalue weighted by molar-refractivity contribution is 6.00. The average Bonchev–Trinajstić information content (AvgIpc) is 2.36. The van der Waals surface area contributed by atoms with Gasteiger partial charge in [-0.1, -0.05) is 19.1 Å². The Morgan fingerprint density at radius 3 is 2.58 bits per heavy atom. The van der Waals surface area contributed by atoms with Gasteiger partial charge in [-0.15, -0.1) is 0 Å². The Morgan fingerprint density at radius 2 is 1.95 bits per heavy atom. The standard InChI is InChI=1S/C14H21N3O2/c1-3-8-16-12(18)7-9-17-14(19)13-10(2)5-4-6-11(13)15/h4-6H,3,7-9,15H2,1-2H3,(H,16,18)(H,17,19). The lowest BCUT2D eigenvalue weighted by molar-refractivity contribution is -0.120. The first-order valence-electron chi connectivity index (χ1n) is 6.46. The molecular weight excluding hydrogens is 242 g/mol. The van der Waals surface area contributed by atoms with Crippen LogP contribution in [0.1, 0.15) is 35.7 Å². The minimum Gasteiger partial charge on any atom is -0.398 e. The highest BCUT2D eigenvalue weighted by Crippen LogP contribution is 2.15. The zero-order valence-electron chi connectivity index (χ0n) is 11.5. The summed E-state index contributed by atoms with van der Waals surface area (Å²) in [5.74, 6) is -0.293. The van der Waals surface area contributed by atoms with E-state index in [1.807, 2.05) is 19.9 Å². The van der Waals surface area contributed by atoms with Crippen LogP contribution in [-0.4, -0.2) is 24.9 Å². The van der Waals surface area contributed by atoms with Crippen molar-refractivity contribution in [2.45, 2.75) is 26.7 Å². The van der Waals surface area contributed by atoms with Gasteiger partial charge in [-0.25, -0.2) is 0 Å². The van der Waals surface area contributed by atoms with Crippen molar-refractivity contribution in [1.82, 2.24) is 10.6 Å². The fourth-order valence-corrected chi connectivity index (χ4v) is 1.73. The summed E-state index contributed by atoms with van der Waals surface area (Å²) in [5, 5.41) is 5.46. The smallest absolute Gasteiger partial charge is 0.253 e. The number of anilines is 1. The van der Waals surface area contributed by atoms with Gasteiger partial charge in [0.05, 0.1) is 5.56 Å². The van der Waals surface area contributed by atoms with Crippen LogP contribution in [0.4, 0.5) is 5.69 Å². The molecule has 1 aromatic carbocycles. The SMILES string of the molecule is CCCNC(=O)CCNC(=O)c1c(C)cccc1N. The third-order valence-corrected chi connectivity index (χ3v) is 2.74. The van der Waals surface area contributed by atoms with Crippen molar-refractivity contribution in [2.24, 2.45) is 0 Å². The molecule has 0 aromatic heterocycles. The second-order valence-corrected chi connectivity index (χ2v) is 4.39. The predicted molar refractivity (Wildman–Crippen MR) is 75.8 cm³/mol. The molecule has 0 radical (unpaired) electrons. The van der Waals surface area contributed by atoms with E-state index in [4.69, 9.17) is 5.73 Å². The summed E-state index contributed by atoms with van der Waals surface area (Å²) >= 11 is 0. The molecule has 0 fully saturated rings. The minimum atomic E-state index is -0.237. The number of hydrogen-bond acceptors (Lipinski definition) is 3. The maximum atomic E-state index is 12.0. The third-order valence-electron chi connectivity index (χ3n) is 2.74. The van der Waals surface area contributed by atoms with E-state index in [1.54, 1.807) is 12.1 Å². The van der Waals surface area contributed by atoms with E-state index in [0.717, 1.165) is 12.0 Å². The van der Waals surface area contributed by atoms with E-state index >= 15 is 0 Å². The summed E-state index contributed by atoms with van der Waals surface area (Å²) < 4.78 is 0. The Balaban J connectivity index is 2.46. The first kappa shape index (κ1) is 15.0. The molecule has 0 saturated heterocycles. The van der Waals surface area contributed by atoms with Gasteiger partial charge in [0.25, 0.3) is 5.91 Å². The van der Waals surface area contributed by atoms with Crippen LogP contribution >= 0.6 is 0 Å². The monoisotopic (exact) mass is 263 g/mol. The number of nitrogen functional groups attached to an aromatic ring is 1.